The maximum Gasteiger partial charge on any atom is 0.305 e. The molecule has 0 radical (unpaired) electrons. The first-order chi connectivity index (χ1) is 10.3. The maximum absolute atomic E-state index is 11.6. The number of carbonyl (C=O) groups is 1. The fourth-order valence-electron chi connectivity index (χ4n) is 2.48. The Labute approximate surface area is 134 Å². The lowest BCUT2D eigenvalue weighted by Crippen LogP contribution is -2.17. The van der Waals surface area contributed by atoms with Crippen LogP contribution in [0.15, 0.2) is 0 Å². The van der Waals surface area contributed by atoms with E-state index < -0.39 is 0 Å². The summed E-state index contributed by atoms with van der Waals surface area (Å²) in [5.41, 5.74) is 0.320. The van der Waals surface area contributed by atoms with Gasteiger partial charge in [-0.1, -0.05) is 45.4 Å². The van der Waals surface area contributed by atoms with Gasteiger partial charge in [0.05, 0.1) is 0 Å². The van der Waals surface area contributed by atoms with Gasteiger partial charge in [0.15, 0.2) is 0 Å². The molecule has 1 rings (SSSR count). The minimum atomic E-state index is -0.0336. The molecule has 0 amide bonds. The normalized spacial score (nSPS) is 18.6. The van der Waals surface area contributed by atoms with Gasteiger partial charge in [0, 0.05) is 18.8 Å². The predicted molar refractivity (Wildman–Crippen MR) is 89.6 cm³/mol. The Morgan fingerprint density at radius 3 is 2.62 bits per heavy atom. The van der Waals surface area contributed by atoms with Gasteiger partial charge in [-0.25, -0.2) is 0 Å². The first kappa shape index (κ1) is 18.8. The quantitative estimate of drug-likeness (QED) is 0.378. The molecule has 0 bridgehead atoms. The average Bonchev–Trinajstić information content (AvgIpc) is 2.52. The summed E-state index contributed by atoms with van der Waals surface area (Å²) < 4.78 is 10.9. The molecular formula is C17H32O3S. The topological polar surface area (TPSA) is 35.5 Å². The van der Waals surface area contributed by atoms with E-state index in [4.69, 9.17) is 9.47 Å². The van der Waals surface area contributed by atoms with Gasteiger partial charge in [0.1, 0.15) is 12.0 Å². The number of carbonyl (C=O) groups excluding carboxylic acids is 1. The van der Waals surface area contributed by atoms with Crippen LogP contribution in [0.5, 0.6) is 0 Å². The number of hydrogen-bond donors (Lipinski definition) is 0. The molecule has 0 saturated carbocycles. The van der Waals surface area contributed by atoms with Crippen LogP contribution < -0.4 is 0 Å². The molecule has 0 aromatic carbocycles. The number of unbranched alkanes of at least 4 members (excludes halogenated alkanes) is 6. The van der Waals surface area contributed by atoms with Crippen LogP contribution in [0, 0.1) is 0 Å². The van der Waals surface area contributed by atoms with E-state index in [1.165, 1.54) is 44.9 Å². The summed E-state index contributed by atoms with van der Waals surface area (Å²) in [6.07, 6.45) is 12.8. The van der Waals surface area contributed by atoms with Gasteiger partial charge in [-0.05, 0) is 25.7 Å². The Bertz CT molecular complexity index is 252. The zero-order valence-corrected chi connectivity index (χ0v) is 14.4. The van der Waals surface area contributed by atoms with E-state index in [-0.39, 0.29) is 5.97 Å². The summed E-state index contributed by atoms with van der Waals surface area (Å²) in [6, 6.07) is 0. The van der Waals surface area contributed by atoms with Gasteiger partial charge in [-0.15, -0.1) is 11.8 Å². The van der Waals surface area contributed by atoms with E-state index in [9.17, 15) is 4.79 Å². The van der Waals surface area contributed by atoms with E-state index >= 15 is 0 Å². The summed E-state index contributed by atoms with van der Waals surface area (Å²) in [4.78, 5) is 11.6. The number of ether oxygens (including phenoxy) is 2. The zero-order valence-electron chi connectivity index (χ0n) is 13.6. The molecule has 1 aliphatic heterocycles. The highest BCUT2D eigenvalue weighted by Crippen LogP contribution is 2.22. The predicted octanol–water partition coefficient (Wildman–Crippen LogP) is 4.93. The van der Waals surface area contributed by atoms with Crippen LogP contribution in [0.4, 0.5) is 0 Å². The van der Waals surface area contributed by atoms with E-state index in [1.54, 1.807) is 11.8 Å². The van der Waals surface area contributed by atoms with Crippen molar-refractivity contribution in [2.24, 2.45) is 0 Å². The van der Waals surface area contributed by atoms with Gasteiger partial charge >= 0.3 is 5.97 Å². The molecule has 0 aromatic heterocycles. The van der Waals surface area contributed by atoms with Crippen LogP contribution in [-0.4, -0.2) is 30.4 Å². The first-order valence-corrected chi connectivity index (χ1v) is 9.76. The maximum atomic E-state index is 11.6. The zero-order chi connectivity index (χ0) is 15.2. The second-order valence-electron chi connectivity index (χ2n) is 5.76. The third-order valence-corrected chi connectivity index (χ3v) is 4.92. The Balaban J connectivity index is 1.82. The third-order valence-electron chi connectivity index (χ3n) is 3.77. The highest BCUT2D eigenvalue weighted by molar-refractivity contribution is 7.99. The summed E-state index contributed by atoms with van der Waals surface area (Å²) >= 11 is 1.78. The molecule has 0 N–H and O–H groups in total. The summed E-state index contributed by atoms with van der Waals surface area (Å²) in [5, 5.41) is 0. The van der Waals surface area contributed by atoms with Crippen molar-refractivity contribution in [2.45, 2.75) is 83.0 Å². The Morgan fingerprint density at radius 2 is 1.90 bits per heavy atom. The molecule has 4 heteroatoms. The second-order valence-corrected chi connectivity index (χ2v) is 7.03. The minimum absolute atomic E-state index is 0.0336. The largest absolute Gasteiger partial charge is 0.465 e. The fraction of sp³-hybridized carbons (Fsp3) is 0.941. The number of thioether (sulfide) groups is 1. The molecular weight excluding hydrogens is 284 g/mol. The van der Waals surface area contributed by atoms with Crippen molar-refractivity contribution in [2.75, 3.05) is 19.0 Å². The van der Waals surface area contributed by atoms with Crippen molar-refractivity contribution in [3.8, 4) is 0 Å². The summed E-state index contributed by atoms with van der Waals surface area (Å²) in [7, 11) is 0. The number of esters is 1. The van der Waals surface area contributed by atoms with Crippen LogP contribution in [0.25, 0.3) is 0 Å². The highest BCUT2D eigenvalue weighted by atomic mass is 32.2. The van der Waals surface area contributed by atoms with Crippen molar-refractivity contribution in [1.29, 1.82) is 0 Å². The molecule has 0 spiro atoms. The summed E-state index contributed by atoms with van der Waals surface area (Å²) in [6.45, 7) is 3.64. The van der Waals surface area contributed by atoms with Crippen LogP contribution in [0.2, 0.25) is 0 Å². The summed E-state index contributed by atoms with van der Waals surface area (Å²) in [5.74, 6) is 0.821. The lowest BCUT2D eigenvalue weighted by molar-refractivity contribution is -0.143. The molecule has 0 aromatic rings. The minimum Gasteiger partial charge on any atom is -0.465 e. The molecule has 3 nitrogen and oxygen atoms in total. The van der Waals surface area contributed by atoms with Crippen molar-refractivity contribution in [1.82, 2.24) is 0 Å². The lowest BCUT2D eigenvalue weighted by atomic mass is 10.1. The first-order valence-electron chi connectivity index (χ1n) is 8.71. The molecule has 21 heavy (non-hydrogen) atoms. The smallest absolute Gasteiger partial charge is 0.305 e. The van der Waals surface area contributed by atoms with Crippen molar-refractivity contribution in [3.63, 3.8) is 0 Å². The van der Waals surface area contributed by atoms with Gasteiger partial charge < -0.3 is 9.47 Å². The molecule has 1 aliphatic rings. The second kappa shape index (κ2) is 13.4. The average molecular weight is 317 g/mol. The number of rotatable bonds is 12. The van der Waals surface area contributed by atoms with Gasteiger partial charge in [-0.3, -0.25) is 4.79 Å². The van der Waals surface area contributed by atoms with Crippen molar-refractivity contribution < 1.29 is 14.3 Å². The Kier molecular flexibility index (Phi) is 12.1. The van der Waals surface area contributed by atoms with Crippen LogP contribution in [0.1, 0.15) is 77.6 Å². The van der Waals surface area contributed by atoms with Gasteiger partial charge in [0.2, 0.25) is 0 Å². The standard InChI is InChI=1S/C17H32O3S/c1-2-3-4-5-6-7-8-11-16(18)19-14-15-21-17-12-9-10-13-20-17/h17H,2-15H2,1H3. The van der Waals surface area contributed by atoms with Crippen molar-refractivity contribution in [3.05, 3.63) is 0 Å². The van der Waals surface area contributed by atoms with Crippen LogP contribution in [0.3, 0.4) is 0 Å². The Hall–Kier alpha value is -0.220. The fourth-order valence-corrected chi connectivity index (χ4v) is 3.44. The monoisotopic (exact) mass is 316 g/mol. The third kappa shape index (κ3) is 11.1. The van der Waals surface area contributed by atoms with Gasteiger partial charge in [0.25, 0.3) is 0 Å². The van der Waals surface area contributed by atoms with E-state index in [0.29, 0.717) is 18.5 Å². The van der Waals surface area contributed by atoms with Crippen LogP contribution in [-0.2, 0) is 14.3 Å². The molecule has 1 fully saturated rings. The van der Waals surface area contributed by atoms with Gasteiger partial charge in [-0.2, -0.15) is 0 Å². The highest BCUT2D eigenvalue weighted by Gasteiger charge is 2.13. The van der Waals surface area contributed by atoms with Crippen LogP contribution >= 0.6 is 11.8 Å². The SMILES string of the molecule is CCCCCCCCCC(=O)OCCSC1CCCCO1. The van der Waals surface area contributed by atoms with E-state index in [2.05, 4.69) is 6.92 Å². The molecule has 0 aliphatic carbocycles. The molecule has 124 valence electrons. The Morgan fingerprint density at radius 1 is 1.14 bits per heavy atom. The number of hydrogen-bond acceptors (Lipinski definition) is 4. The molecule has 1 atom stereocenters. The van der Waals surface area contributed by atoms with E-state index in [1.807, 2.05) is 0 Å². The van der Waals surface area contributed by atoms with E-state index in [0.717, 1.165) is 31.6 Å². The molecule has 1 unspecified atom stereocenters. The molecule has 1 heterocycles. The lowest BCUT2D eigenvalue weighted by Gasteiger charge is -2.21. The molecule has 1 saturated heterocycles. The van der Waals surface area contributed by atoms with Crippen molar-refractivity contribution >= 4 is 17.7 Å².